The lowest BCUT2D eigenvalue weighted by molar-refractivity contribution is 0.308. The number of fused-ring (bicyclic) bond motifs is 1. The molecule has 3 rings (SSSR count). The van der Waals surface area contributed by atoms with E-state index in [2.05, 4.69) is 42.9 Å². The van der Waals surface area contributed by atoms with Crippen LogP contribution < -0.4 is 5.73 Å². The summed E-state index contributed by atoms with van der Waals surface area (Å²) in [6.45, 7) is 2.97. The molecule has 1 aliphatic rings. The van der Waals surface area contributed by atoms with E-state index < -0.39 is 0 Å². The molecule has 108 valence electrons. The number of benzene rings is 1. The van der Waals surface area contributed by atoms with Gasteiger partial charge in [-0.05, 0) is 43.4 Å². The van der Waals surface area contributed by atoms with E-state index in [4.69, 9.17) is 5.73 Å². The number of para-hydroxylation sites is 1. The fraction of sp³-hybridized carbons (Fsp3) is 0.556. The lowest BCUT2D eigenvalue weighted by Crippen LogP contribution is -2.23. The van der Waals surface area contributed by atoms with E-state index in [0.717, 1.165) is 12.5 Å². The maximum atomic E-state index is 6.16. The standard InChI is InChI=1S/C18H26N2/c1-13-7-6-10-15-17(12-20(2)18(13)15)16(11-19)14-8-4-3-5-9-14/h6-7,10,12,14,16H,3-5,8-9,11,19H2,1-2H3. The summed E-state index contributed by atoms with van der Waals surface area (Å²) >= 11 is 0. The van der Waals surface area contributed by atoms with Gasteiger partial charge in [-0.3, -0.25) is 0 Å². The van der Waals surface area contributed by atoms with Gasteiger partial charge in [-0.15, -0.1) is 0 Å². The van der Waals surface area contributed by atoms with Gasteiger partial charge >= 0.3 is 0 Å². The first-order valence-corrected chi connectivity index (χ1v) is 7.97. The summed E-state index contributed by atoms with van der Waals surface area (Å²) in [7, 11) is 2.16. The predicted molar refractivity (Wildman–Crippen MR) is 86.0 cm³/mol. The van der Waals surface area contributed by atoms with Crippen molar-refractivity contribution >= 4 is 10.9 Å². The maximum absolute atomic E-state index is 6.16. The molecular formula is C18H26N2. The van der Waals surface area contributed by atoms with Gasteiger partial charge in [0, 0.05) is 24.5 Å². The molecule has 1 aliphatic carbocycles. The largest absolute Gasteiger partial charge is 0.350 e. The molecule has 0 amide bonds. The Labute approximate surface area is 122 Å². The van der Waals surface area contributed by atoms with Crippen LogP contribution in [0.3, 0.4) is 0 Å². The molecule has 0 aliphatic heterocycles. The zero-order chi connectivity index (χ0) is 14.1. The molecule has 2 aromatic rings. The first kappa shape index (κ1) is 13.7. The van der Waals surface area contributed by atoms with E-state index >= 15 is 0 Å². The van der Waals surface area contributed by atoms with E-state index in [0.29, 0.717) is 5.92 Å². The van der Waals surface area contributed by atoms with E-state index in [1.807, 2.05) is 0 Å². The third-order valence-corrected chi connectivity index (χ3v) is 5.11. The van der Waals surface area contributed by atoms with Gasteiger partial charge in [-0.1, -0.05) is 37.5 Å². The average molecular weight is 270 g/mol. The molecule has 20 heavy (non-hydrogen) atoms. The smallest absolute Gasteiger partial charge is 0.0510 e. The Bertz CT molecular complexity index is 591. The van der Waals surface area contributed by atoms with E-state index in [1.54, 1.807) is 0 Å². The van der Waals surface area contributed by atoms with Gasteiger partial charge in [0.15, 0.2) is 0 Å². The van der Waals surface area contributed by atoms with Gasteiger partial charge < -0.3 is 10.3 Å². The molecule has 0 saturated heterocycles. The van der Waals surface area contributed by atoms with Crippen molar-refractivity contribution < 1.29 is 0 Å². The molecule has 2 nitrogen and oxygen atoms in total. The summed E-state index contributed by atoms with van der Waals surface area (Å²) in [5.74, 6) is 1.31. The molecule has 2 heteroatoms. The highest BCUT2D eigenvalue weighted by Gasteiger charge is 2.26. The Morgan fingerprint density at radius 3 is 2.70 bits per heavy atom. The first-order valence-electron chi connectivity index (χ1n) is 7.97. The molecule has 1 atom stereocenters. The summed E-state index contributed by atoms with van der Waals surface area (Å²) in [6, 6.07) is 6.64. The minimum Gasteiger partial charge on any atom is -0.350 e. The Hall–Kier alpha value is -1.28. The Morgan fingerprint density at radius 2 is 2.00 bits per heavy atom. The molecule has 1 aromatic carbocycles. The molecule has 1 unspecified atom stereocenters. The summed E-state index contributed by atoms with van der Waals surface area (Å²) in [4.78, 5) is 0. The Morgan fingerprint density at radius 1 is 1.25 bits per heavy atom. The number of aryl methyl sites for hydroxylation is 2. The van der Waals surface area contributed by atoms with Crippen LogP contribution in [0.25, 0.3) is 10.9 Å². The topological polar surface area (TPSA) is 30.9 Å². The number of rotatable bonds is 3. The predicted octanol–water partition coefficient (Wildman–Crippen LogP) is 4.11. The van der Waals surface area contributed by atoms with E-state index in [-0.39, 0.29) is 0 Å². The van der Waals surface area contributed by atoms with Crippen molar-refractivity contribution in [1.29, 1.82) is 0 Å². The normalized spacial score (nSPS) is 18.6. The van der Waals surface area contributed by atoms with Crippen LogP contribution in [-0.4, -0.2) is 11.1 Å². The zero-order valence-corrected chi connectivity index (χ0v) is 12.7. The summed E-state index contributed by atoms with van der Waals surface area (Å²) < 4.78 is 2.28. The van der Waals surface area contributed by atoms with Crippen LogP contribution >= 0.6 is 0 Å². The van der Waals surface area contributed by atoms with Crippen LogP contribution in [0.2, 0.25) is 0 Å². The second-order valence-electron chi connectivity index (χ2n) is 6.41. The second-order valence-corrected chi connectivity index (χ2v) is 6.41. The summed E-state index contributed by atoms with van der Waals surface area (Å²) in [5, 5.41) is 1.41. The molecule has 0 bridgehead atoms. The van der Waals surface area contributed by atoms with Crippen LogP contribution in [0.5, 0.6) is 0 Å². The number of hydrogen-bond donors (Lipinski definition) is 1. The van der Waals surface area contributed by atoms with Crippen LogP contribution in [0, 0.1) is 12.8 Å². The van der Waals surface area contributed by atoms with Crippen LogP contribution in [0.4, 0.5) is 0 Å². The van der Waals surface area contributed by atoms with E-state index in [9.17, 15) is 0 Å². The van der Waals surface area contributed by atoms with Crippen molar-refractivity contribution in [2.24, 2.45) is 18.7 Å². The lowest BCUT2D eigenvalue weighted by atomic mass is 9.77. The zero-order valence-electron chi connectivity index (χ0n) is 12.7. The first-order chi connectivity index (χ1) is 9.72. The van der Waals surface area contributed by atoms with Crippen molar-refractivity contribution in [3.63, 3.8) is 0 Å². The minimum atomic E-state index is 0.529. The number of nitrogens with zero attached hydrogens (tertiary/aromatic N) is 1. The highest BCUT2D eigenvalue weighted by Crippen LogP contribution is 2.39. The van der Waals surface area contributed by atoms with Gasteiger partial charge in [-0.2, -0.15) is 0 Å². The number of nitrogens with two attached hydrogens (primary N) is 1. The average Bonchev–Trinajstić information content (AvgIpc) is 2.80. The summed E-state index contributed by atoms with van der Waals surface area (Å²) in [5.41, 5.74) is 10.4. The third-order valence-electron chi connectivity index (χ3n) is 5.11. The fourth-order valence-electron chi connectivity index (χ4n) is 4.11. The highest BCUT2D eigenvalue weighted by atomic mass is 14.9. The molecule has 2 N–H and O–H groups in total. The van der Waals surface area contributed by atoms with Gasteiger partial charge in [0.2, 0.25) is 0 Å². The molecule has 1 saturated carbocycles. The number of aromatic nitrogens is 1. The Kier molecular flexibility index (Phi) is 3.84. The quantitative estimate of drug-likeness (QED) is 0.894. The lowest BCUT2D eigenvalue weighted by Gasteiger charge is -2.29. The molecule has 1 fully saturated rings. The monoisotopic (exact) mass is 270 g/mol. The van der Waals surface area contributed by atoms with Crippen molar-refractivity contribution in [1.82, 2.24) is 4.57 Å². The molecular weight excluding hydrogens is 244 g/mol. The summed E-state index contributed by atoms with van der Waals surface area (Å²) in [6.07, 6.45) is 9.19. The molecule has 1 aromatic heterocycles. The fourth-order valence-corrected chi connectivity index (χ4v) is 4.11. The molecule has 0 radical (unpaired) electrons. The highest BCUT2D eigenvalue weighted by molar-refractivity contribution is 5.87. The van der Waals surface area contributed by atoms with Crippen molar-refractivity contribution in [2.45, 2.75) is 44.9 Å². The third kappa shape index (κ3) is 2.26. The number of hydrogen-bond acceptors (Lipinski definition) is 1. The van der Waals surface area contributed by atoms with Crippen molar-refractivity contribution in [3.8, 4) is 0 Å². The Balaban J connectivity index is 2.05. The minimum absolute atomic E-state index is 0.529. The van der Waals surface area contributed by atoms with Crippen LogP contribution in [0.15, 0.2) is 24.4 Å². The van der Waals surface area contributed by atoms with Crippen LogP contribution in [-0.2, 0) is 7.05 Å². The van der Waals surface area contributed by atoms with Crippen LogP contribution in [0.1, 0.15) is 49.1 Å². The van der Waals surface area contributed by atoms with Gasteiger partial charge in [-0.25, -0.2) is 0 Å². The second kappa shape index (κ2) is 5.61. The molecule has 0 spiro atoms. The van der Waals surface area contributed by atoms with Gasteiger partial charge in [0.25, 0.3) is 0 Å². The van der Waals surface area contributed by atoms with Gasteiger partial charge in [0.05, 0.1) is 5.52 Å². The van der Waals surface area contributed by atoms with Crippen molar-refractivity contribution in [2.75, 3.05) is 6.54 Å². The maximum Gasteiger partial charge on any atom is 0.0510 e. The van der Waals surface area contributed by atoms with E-state index in [1.165, 1.54) is 54.1 Å². The SMILES string of the molecule is Cc1cccc2c(C(CN)C3CCCCC3)cn(C)c12. The van der Waals surface area contributed by atoms with Gasteiger partial charge in [0.1, 0.15) is 0 Å². The van der Waals surface area contributed by atoms with Crippen molar-refractivity contribution in [3.05, 3.63) is 35.5 Å². The molecule has 1 heterocycles.